The van der Waals surface area contributed by atoms with Gasteiger partial charge < -0.3 is 35.3 Å². The standard InChI is InChI=1S/C21H32ClN3O5/c1-28-8-3-2-6-25-7-5-14(17(26)13-25)12-24-21(27)15-11-16(23)18(22)20-19(15)29-9-4-10-30-20/h11,14,17,26H,2-10,12-13,23H2,1H3,(H,24,27)/t14-,17?/m0/s1. The highest BCUT2D eigenvalue weighted by Gasteiger charge is 2.29. The molecule has 0 bridgehead atoms. The lowest BCUT2D eigenvalue weighted by Crippen LogP contribution is -2.47. The summed E-state index contributed by atoms with van der Waals surface area (Å²) < 4.78 is 16.5. The molecule has 2 atom stereocenters. The van der Waals surface area contributed by atoms with Gasteiger partial charge in [0.15, 0.2) is 11.5 Å². The normalized spacial score (nSPS) is 21.8. The molecule has 8 nitrogen and oxygen atoms in total. The molecule has 0 spiro atoms. The molecule has 3 rings (SSSR count). The fourth-order valence-corrected chi connectivity index (χ4v) is 4.07. The summed E-state index contributed by atoms with van der Waals surface area (Å²) in [5.41, 5.74) is 6.54. The minimum Gasteiger partial charge on any atom is -0.489 e. The van der Waals surface area contributed by atoms with Crippen LogP contribution in [0.3, 0.4) is 0 Å². The van der Waals surface area contributed by atoms with Crippen LogP contribution in [-0.4, -0.2) is 75.1 Å². The zero-order valence-electron chi connectivity index (χ0n) is 17.5. The maximum absolute atomic E-state index is 12.9. The van der Waals surface area contributed by atoms with Crippen molar-refractivity contribution in [2.75, 3.05) is 58.8 Å². The third-order valence-electron chi connectivity index (χ3n) is 5.63. The molecule has 2 aliphatic heterocycles. The van der Waals surface area contributed by atoms with Crippen molar-refractivity contribution in [3.05, 3.63) is 16.7 Å². The smallest absolute Gasteiger partial charge is 0.255 e. The van der Waals surface area contributed by atoms with Gasteiger partial charge in [0.2, 0.25) is 0 Å². The molecule has 1 unspecified atom stereocenters. The molecule has 4 N–H and O–H groups in total. The summed E-state index contributed by atoms with van der Waals surface area (Å²) in [6.45, 7) is 4.52. The second-order valence-corrected chi connectivity index (χ2v) is 8.24. The minimum absolute atomic E-state index is 0.00425. The molecule has 2 heterocycles. The lowest BCUT2D eigenvalue weighted by atomic mass is 9.93. The fraction of sp³-hybridized carbons (Fsp3) is 0.667. The third kappa shape index (κ3) is 5.69. The Balaban J connectivity index is 1.56. The number of nitrogens with one attached hydrogen (secondary N) is 1. The summed E-state index contributed by atoms with van der Waals surface area (Å²) in [5, 5.41) is 13.7. The number of hydrogen-bond acceptors (Lipinski definition) is 7. The van der Waals surface area contributed by atoms with E-state index in [1.54, 1.807) is 7.11 Å². The number of amides is 1. The molecule has 0 saturated carbocycles. The molecule has 0 radical (unpaired) electrons. The summed E-state index contributed by atoms with van der Waals surface area (Å²) in [4.78, 5) is 15.1. The van der Waals surface area contributed by atoms with E-state index in [0.717, 1.165) is 39.0 Å². The second kappa shape index (κ2) is 11.0. The summed E-state index contributed by atoms with van der Waals surface area (Å²) in [6.07, 6.45) is 3.11. The number of β-amino-alcohol motifs (C(OH)–C–C–N with tert-alkyl or cyclic N) is 1. The maximum Gasteiger partial charge on any atom is 0.255 e. The predicted octanol–water partition coefficient (Wildman–Crippen LogP) is 1.92. The number of aliphatic hydroxyl groups excluding tert-OH is 1. The van der Waals surface area contributed by atoms with Gasteiger partial charge in [0, 0.05) is 39.1 Å². The van der Waals surface area contributed by atoms with E-state index >= 15 is 0 Å². The Morgan fingerprint density at radius 1 is 1.37 bits per heavy atom. The number of rotatable bonds is 8. The summed E-state index contributed by atoms with van der Waals surface area (Å²) in [7, 11) is 1.71. The van der Waals surface area contributed by atoms with Crippen molar-refractivity contribution in [2.24, 2.45) is 5.92 Å². The van der Waals surface area contributed by atoms with Crippen LogP contribution in [-0.2, 0) is 4.74 Å². The molecule has 1 amide bonds. The Hall–Kier alpha value is -1.74. The van der Waals surface area contributed by atoms with E-state index in [9.17, 15) is 9.90 Å². The number of nitrogens with two attached hydrogens (primary N) is 1. The van der Waals surface area contributed by atoms with Gasteiger partial charge >= 0.3 is 0 Å². The number of halogens is 1. The fourth-order valence-electron chi connectivity index (χ4n) is 3.87. The van der Waals surface area contributed by atoms with Crippen molar-refractivity contribution < 1.29 is 24.1 Å². The number of methoxy groups -OCH3 is 1. The van der Waals surface area contributed by atoms with Gasteiger partial charge in [-0.3, -0.25) is 4.79 Å². The quantitative estimate of drug-likeness (QED) is 0.418. The lowest BCUT2D eigenvalue weighted by Gasteiger charge is -2.36. The molecule has 0 aromatic heterocycles. The maximum atomic E-state index is 12.9. The number of unbranched alkanes of at least 4 members (excludes halogenated alkanes) is 1. The first-order valence-corrected chi connectivity index (χ1v) is 10.9. The summed E-state index contributed by atoms with van der Waals surface area (Å²) >= 11 is 6.24. The number of benzene rings is 1. The van der Waals surface area contributed by atoms with Crippen LogP contribution in [0.5, 0.6) is 11.5 Å². The molecule has 1 fully saturated rings. The number of hydrogen-bond donors (Lipinski definition) is 3. The van der Waals surface area contributed by atoms with E-state index in [4.69, 9.17) is 31.5 Å². The molecule has 168 valence electrons. The number of aliphatic hydroxyl groups is 1. The molecule has 9 heteroatoms. The molecule has 1 aromatic carbocycles. The highest BCUT2D eigenvalue weighted by atomic mass is 35.5. The summed E-state index contributed by atoms with van der Waals surface area (Å²) in [6, 6.07) is 1.52. The van der Waals surface area contributed by atoms with Crippen LogP contribution in [0.4, 0.5) is 5.69 Å². The van der Waals surface area contributed by atoms with Crippen LogP contribution in [0, 0.1) is 5.92 Å². The van der Waals surface area contributed by atoms with Gasteiger partial charge in [-0.25, -0.2) is 0 Å². The molecule has 1 aromatic rings. The number of ether oxygens (including phenoxy) is 3. The van der Waals surface area contributed by atoms with Crippen molar-refractivity contribution in [3.8, 4) is 11.5 Å². The zero-order chi connectivity index (χ0) is 21.5. The Morgan fingerprint density at radius 3 is 2.87 bits per heavy atom. The predicted molar refractivity (Wildman–Crippen MR) is 115 cm³/mol. The van der Waals surface area contributed by atoms with Crippen molar-refractivity contribution >= 4 is 23.2 Å². The van der Waals surface area contributed by atoms with E-state index in [-0.39, 0.29) is 22.5 Å². The number of carbonyl (C=O) groups is 1. The Kier molecular flexibility index (Phi) is 8.44. The first-order chi connectivity index (χ1) is 14.5. The van der Waals surface area contributed by atoms with Gasteiger partial charge in [0.05, 0.1) is 30.6 Å². The van der Waals surface area contributed by atoms with Crippen LogP contribution in [0.15, 0.2) is 6.07 Å². The molecule has 2 aliphatic rings. The van der Waals surface area contributed by atoms with Crippen molar-refractivity contribution in [3.63, 3.8) is 0 Å². The lowest BCUT2D eigenvalue weighted by molar-refractivity contribution is 0.0209. The minimum atomic E-state index is -0.478. The van der Waals surface area contributed by atoms with E-state index in [1.165, 1.54) is 6.07 Å². The van der Waals surface area contributed by atoms with Crippen molar-refractivity contribution in [1.82, 2.24) is 10.2 Å². The van der Waals surface area contributed by atoms with Crippen LogP contribution < -0.4 is 20.5 Å². The highest BCUT2D eigenvalue weighted by molar-refractivity contribution is 6.35. The number of nitrogen functional groups attached to an aromatic ring is 1. The topological polar surface area (TPSA) is 106 Å². The SMILES string of the molecule is COCCCCN1CC[C@@H](CNC(=O)c2cc(N)c(Cl)c3c2OCCCO3)C(O)C1. The van der Waals surface area contributed by atoms with Crippen LogP contribution >= 0.6 is 11.6 Å². The molecular weight excluding hydrogens is 410 g/mol. The van der Waals surface area contributed by atoms with Gasteiger partial charge in [-0.15, -0.1) is 0 Å². The summed E-state index contributed by atoms with van der Waals surface area (Å²) in [5.74, 6) is 0.343. The van der Waals surface area contributed by atoms with Gasteiger partial charge in [-0.2, -0.15) is 0 Å². The largest absolute Gasteiger partial charge is 0.489 e. The number of fused-ring (bicyclic) bond motifs is 1. The average molecular weight is 442 g/mol. The van der Waals surface area contributed by atoms with E-state index in [0.29, 0.717) is 49.8 Å². The first-order valence-electron chi connectivity index (χ1n) is 10.6. The number of nitrogens with zero attached hydrogens (tertiary/aromatic N) is 1. The van der Waals surface area contributed by atoms with E-state index in [1.807, 2.05) is 0 Å². The highest BCUT2D eigenvalue weighted by Crippen LogP contribution is 2.43. The van der Waals surface area contributed by atoms with Gasteiger partial charge in [0.25, 0.3) is 5.91 Å². The zero-order valence-corrected chi connectivity index (χ0v) is 18.2. The van der Waals surface area contributed by atoms with Crippen LogP contribution in [0.25, 0.3) is 0 Å². The number of carbonyl (C=O) groups excluding carboxylic acids is 1. The molecular formula is C21H32ClN3O5. The monoisotopic (exact) mass is 441 g/mol. The Morgan fingerprint density at radius 2 is 2.13 bits per heavy atom. The van der Waals surface area contributed by atoms with Crippen LogP contribution in [0.1, 0.15) is 36.0 Å². The van der Waals surface area contributed by atoms with Gasteiger partial charge in [0.1, 0.15) is 5.02 Å². The van der Waals surface area contributed by atoms with E-state index in [2.05, 4.69) is 10.2 Å². The number of piperidine rings is 1. The number of likely N-dealkylation sites (tertiary alicyclic amines) is 1. The molecule has 30 heavy (non-hydrogen) atoms. The van der Waals surface area contributed by atoms with Gasteiger partial charge in [-0.05, 0) is 38.4 Å². The second-order valence-electron chi connectivity index (χ2n) is 7.86. The third-order valence-corrected chi connectivity index (χ3v) is 6.02. The molecule has 1 saturated heterocycles. The van der Waals surface area contributed by atoms with Crippen molar-refractivity contribution in [2.45, 2.75) is 31.8 Å². The van der Waals surface area contributed by atoms with Crippen molar-refractivity contribution in [1.29, 1.82) is 0 Å². The Bertz CT molecular complexity index is 733. The number of anilines is 1. The first kappa shape index (κ1) is 22.9. The van der Waals surface area contributed by atoms with Gasteiger partial charge in [-0.1, -0.05) is 11.6 Å². The molecule has 0 aliphatic carbocycles. The van der Waals surface area contributed by atoms with Crippen LogP contribution in [0.2, 0.25) is 5.02 Å². The Labute approximate surface area is 182 Å². The van der Waals surface area contributed by atoms with E-state index < -0.39 is 6.10 Å². The average Bonchev–Trinajstić information content (AvgIpc) is 2.99.